The molecule has 2 N–H and O–H groups in total. The van der Waals surface area contributed by atoms with Crippen molar-refractivity contribution in [2.45, 2.75) is 26.1 Å². The number of ether oxygens (including phenoxy) is 1. The van der Waals surface area contributed by atoms with Crippen LogP contribution in [0.15, 0.2) is 41.6 Å². The van der Waals surface area contributed by atoms with Crippen molar-refractivity contribution in [3.63, 3.8) is 0 Å². The molecule has 1 aromatic heterocycles. The average Bonchev–Trinajstić information content (AvgIpc) is 2.95. The number of aromatic nitrogens is 2. The van der Waals surface area contributed by atoms with E-state index in [9.17, 15) is 22.8 Å². The molecule has 2 aromatic rings. The molecule has 0 spiro atoms. The summed E-state index contributed by atoms with van der Waals surface area (Å²) in [5.74, 6) is -1.22. The second-order valence-electron chi connectivity index (χ2n) is 6.08. The molecule has 0 aliphatic carbocycles. The van der Waals surface area contributed by atoms with Crippen molar-refractivity contribution < 1.29 is 27.5 Å². The molecular formula is C18H16ClF3N4O3. The minimum atomic E-state index is -4.99. The Hall–Kier alpha value is -3.01. The number of aryl methyl sites for hydroxylation is 1. The summed E-state index contributed by atoms with van der Waals surface area (Å²) >= 11 is 6.43. The largest absolute Gasteiger partial charge is 0.463 e. The van der Waals surface area contributed by atoms with Gasteiger partial charge >= 0.3 is 18.2 Å². The summed E-state index contributed by atoms with van der Waals surface area (Å²) in [6.45, 7) is 2.83. The molecule has 0 unspecified atom stereocenters. The van der Waals surface area contributed by atoms with E-state index in [0.717, 1.165) is 0 Å². The van der Waals surface area contributed by atoms with Crippen molar-refractivity contribution in [3.8, 4) is 5.69 Å². The molecule has 1 aliphatic heterocycles. The Morgan fingerprint density at radius 2 is 1.97 bits per heavy atom. The Bertz CT molecular complexity index is 986. The van der Waals surface area contributed by atoms with Crippen molar-refractivity contribution in [3.05, 3.63) is 58.0 Å². The van der Waals surface area contributed by atoms with Crippen LogP contribution < -0.4 is 10.6 Å². The van der Waals surface area contributed by atoms with Gasteiger partial charge in [-0.05, 0) is 26.0 Å². The summed E-state index contributed by atoms with van der Waals surface area (Å²) in [6, 6.07) is 6.03. The van der Waals surface area contributed by atoms with Gasteiger partial charge in [-0.3, -0.25) is 0 Å². The maximum absolute atomic E-state index is 13.6. The Labute approximate surface area is 168 Å². The van der Waals surface area contributed by atoms with Crippen LogP contribution in [0.3, 0.4) is 0 Å². The van der Waals surface area contributed by atoms with Gasteiger partial charge in [-0.1, -0.05) is 29.8 Å². The van der Waals surface area contributed by atoms with Crippen LogP contribution in [0.4, 0.5) is 18.0 Å². The van der Waals surface area contributed by atoms with Gasteiger partial charge in [-0.25, -0.2) is 14.3 Å². The number of urea groups is 1. The minimum Gasteiger partial charge on any atom is -0.463 e. The van der Waals surface area contributed by atoms with E-state index in [0.29, 0.717) is 5.69 Å². The van der Waals surface area contributed by atoms with Crippen LogP contribution in [0.25, 0.3) is 5.69 Å². The van der Waals surface area contributed by atoms with Crippen LogP contribution >= 0.6 is 11.6 Å². The molecule has 11 heteroatoms. The molecule has 1 atom stereocenters. The number of esters is 1. The molecule has 0 saturated carbocycles. The molecule has 0 radical (unpaired) electrons. The topological polar surface area (TPSA) is 85.2 Å². The first-order valence-corrected chi connectivity index (χ1v) is 8.89. The Balaban J connectivity index is 2.21. The van der Waals surface area contributed by atoms with E-state index in [2.05, 4.69) is 10.4 Å². The highest BCUT2D eigenvalue weighted by Gasteiger charge is 2.47. The summed E-state index contributed by atoms with van der Waals surface area (Å²) < 4.78 is 46.8. The first-order chi connectivity index (χ1) is 13.6. The molecule has 3 rings (SSSR count). The summed E-state index contributed by atoms with van der Waals surface area (Å²) in [6.07, 6.45) is -4.99. The van der Waals surface area contributed by atoms with Crippen LogP contribution in [0.5, 0.6) is 0 Å². The van der Waals surface area contributed by atoms with E-state index < -0.39 is 35.5 Å². The van der Waals surface area contributed by atoms with Gasteiger partial charge < -0.3 is 15.4 Å². The van der Waals surface area contributed by atoms with Crippen LogP contribution in [0, 0.1) is 6.92 Å². The van der Waals surface area contributed by atoms with Gasteiger partial charge in [0, 0.05) is 5.56 Å². The van der Waals surface area contributed by atoms with Crippen LogP contribution in [-0.4, -0.2) is 34.6 Å². The van der Waals surface area contributed by atoms with Crippen molar-refractivity contribution in [2.24, 2.45) is 0 Å². The third-order valence-corrected chi connectivity index (χ3v) is 4.55. The number of hydrogen-bond acceptors (Lipinski definition) is 4. The summed E-state index contributed by atoms with van der Waals surface area (Å²) in [7, 11) is 0. The lowest BCUT2D eigenvalue weighted by molar-refractivity contribution is -0.140. The van der Waals surface area contributed by atoms with Gasteiger partial charge in [-0.15, -0.1) is 0 Å². The van der Waals surface area contributed by atoms with E-state index in [1.807, 2.05) is 0 Å². The smallest absolute Gasteiger partial charge is 0.432 e. The van der Waals surface area contributed by atoms with E-state index in [1.54, 1.807) is 35.6 Å². The second-order valence-corrected chi connectivity index (χ2v) is 6.43. The minimum absolute atomic E-state index is 0.0378. The summed E-state index contributed by atoms with van der Waals surface area (Å²) in [4.78, 5) is 24.4. The number of carbonyl (C=O) groups is 2. The van der Waals surface area contributed by atoms with Crippen molar-refractivity contribution in [2.75, 3.05) is 6.61 Å². The molecule has 1 aliphatic rings. The van der Waals surface area contributed by atoms with Crippen molar-refractivity contribution >= 4 is 23.6 Å². The predicted molar refractivity (Wildman–Crippen MR) is 97.4 cm³/mol. The fourth-order valence-electron chi connectivity index (χ4n) is 3.01. The zero-order valence-corrected chi connectivity index (χ0v) is 16.1. The molecule has 0 fully saturated rings. The molecule has 2 amide bonds. The molecule has 1 aromatic carbocycles. The fourth-order valence-corrected chi connectivity index (χ4v) is 3.39. The highest BCUT2D eigenvalue weighted by Crippen LogP contribution is 2.39. The van der Waals surface area contributed by atoms with E-state index in [1.165, 1.54) is 18.5 Å². The molecule has 2 heterocycles. The highest BCUT2D eigenvalue weighted by atomic mass is 35.5. The maximum atomic E-state index is 13.6. The highest BCUT2D eigenvalue weighted by molar-refractivity contribution is 6.31. The number of para-hydroxylation sites is 1. The first kappa shape index (κ1) is 20.7. The first-order valence-electron chi connectivity index (χ1n) is 8.51. The third-order valence-electron chi connectivity index (χ3n) is 4.19. The Morgan fingerprint density at radius 1 is 1.31 bits per heavy atom. The van der Waals surface area contributed by atoms with Crippen LogP contribution in [-0.2, 0) is 9.53 Å². The fraction of sp³-hybridized carbons (Fsp3) is 0.278. The van der Waals surface area contributed by atoms with Crippen LogP contribution in [0.2, 0.25) is 5.15 Å². The number of hydrogen-bond donors (Lipinski definition) is 2. The monoisotopic (exact) mass is 428 g/mol. The predicted octanol–water partition coefficient (Wildman–Crippen LogP) is 3.57. The molecule has 29 heavy (non-hydrogen) atoms. The SMILES string of the molecule is CCOC(=O)C1=C(C(F)(F)F)NC(=O)N[C@H]1c1c(C)nn(-c2ccccc2)c1Cl. The molecule has 0 bridgehead atoms. The number of alkyl halides is 3. The van der Waals surface area contributed by atoms with E-state index >= 15 is 0 Å². The number of allylic oxidation sites excluding steroid dienone is 1. The number of halogens is 4. The van der Waals surface area contributed by atoms with Gasteiger partial charge in [0.15, 0.2) is 0 Å². The normalized spacial score (nSPS) is 17.0. The number of amides is 2. The molecular weight excluding hydrogens is 413 g/mol. The molecule has 154 valence electrons. The lowest BCUT2D eigenvalue weighted by atomic mass is 9.95. The number of nitrogens with zero attached hydrogens (tertiary/aromatic N) is 2. The van der Waals surface area contributed by atoms with Gasteiger partial charge in [0.1, 0.15) is 10.9 Å². The van der Waals surface area contributed by atoms with Crippen molar-refractivity contribution in [1.82, 2.24) is 20.4 Å². The number of nitrogens with one attached hydrogen (secondary N) is 2. The Morgan fingerprint density at radius 3 is 2.55 bits per heavy atom. The maximum Gasteiger partial charge on any atom is 0.432 e. The number of benzene rings is 1. The van der Waals surface area contributed by atoms with E-state index in [4.69, 9.17) is 16.3 Å². The summed E-state index contributed by atoms with van der Waals surface area (Å²) in [5, 5.41) is 8.21. The second kappa shape index (κ2) is 7.78. The lowest BCUT2D eigenvalue weighted by Crippen LogP contribution is -2.49. The Kier molecular flexibility index (Phi) is 5.56. The van der Waals surface area contributed by atoms with Gasteiger partial charge in [-0.2, -0.15) is 18.3 Å². The quantitative estimate of drug-likeness (QED) is 0.729. The van der Waals surface area contributed by atoms with Gasteiger partial charge in [0.2, 0.25) is 0 Å². The van der Waals surface area contributed by atoms with Crippen LogP contribution in [0.1, 0.15) is 24.2 Å². The number of rotatable bonds is 4. The van der Waals surface area contributed by atoms with Crippen molar-refractivity contribution in [1.29, 1.82) is 0 Å². The summed E-state index contributed by atoms with van der Waals surface area (Å²) in [5.41, 5.74) is -1.42. The lowest BCUT2D eigenvalue weighted by Gasteiger charge is -2.29. The third kappa shape index (κ3) is 3.93. The molecule has 0 saturated heterocycles. The molecule has 7 nitrogen and oxygen atoms in total. The zero-order chi connectivity index (χ0) is 21.3. The van der Waals surface area contributed by atoms with E-state index in [-0.39, 0.29) is 23.0 Å². The standard InChI is InChI=1S/C18H16ClF3N4O3/c1-3-29-16(27)12-13(23-17(28)24-14(12)18(20,21)22)11-9(2)25-26(15(11)19)10-7-5-4-6-8-10/h4-8,13H,3H2,1-2H3,(H2,23,24,28)/t13-/m0/s1. The van der Waals surface area contributed by atoms with Gasteiger partial charge in [0.25, 0.3) is 0 Å². The van der Waals surface area contributed by atoms with Gasteiger partial charge in [0.05, 0.1) is 29.6 Å². The number of carbonyl (C=O) groups excluding carboxylic acids is 2. The zero-order valence-electron chi connectivity index (χ0n) is 15.3. The average molecular weight is 429 g/mol.